The zero-order valence-corrected chi connectivity index (χ0v) is 18.6. The molecule has 1 fully saturated rings. The van der Waals surface area contributed by atoms with Crippen molar-refractivity contribution in [2.75, 3.05) is 5.75 Å². The number of thioether (sulfide) groups is 1. The van der Waals surface area contributed by atoms with Gasteiger partial charge >= 0.3 is 0 Å². The number of hydrogen-bond donors (Lipinski definition) is 0. The van der Waals surface area contributed by atoms with Crippen LogP contribution in [0.3, 0.4) is 0 Å². The van der Waals surface area contributed by atoms with Gasteiger partial charge in [-0.3, -0.25) is 4.79 Å². The zero-order chi connectivity index (χ0) is 21.0. The SMILES string of the molecule is O=C(CSc1nncs1)N1N=C2C(=Cc3ccccc3)CCCC2C1c1ccccc1. The van der Waals surface area contributed by atoms with Crippen molar-refractivity contribution in [3.63, 3.8) is 0 Å². The van der Waals surface area contributed by atoms with Crippen LogP contribution in [-0.4, -0.2) is 32.6 Å². The highest BCUT2D eigenvalue weighted by atomic mass is 32.2. The Bertz CT molecular complexity index is 1100. The molecular formula is C24H22N4OS2. The summed E-state index contributed by atoms with van der Waals surface area (Å²) in [5, 5.41) is 14.6. The highest BCUT2D eigenvalue weighted by Crippen LogP contribution is 2.44. The van der Waals surface area contributed by atoms with Crippen LogP contribution < -0.4 is 0 Å². The highest BCUT2D eigenvalue weighted by Gasteiger charge is 2.43. The maximum atomic E-state index is 13.3. The van der Waals surface area contributed by atoms with E-state index in [1.165, 1.54) is 34.2 Å². The number of fused-ring (bicyclic) bond motifs is 1. The van der Waals surface area contributed by atoms with E-state index in [9.17, 15) is 4.79 Å². The lowest BCUT2D eigenvalue weighted by Crippen LogP contribution is -2.32. The van der Waals surface area contributed by atoms with E-state index in [1.807, 2.05) is 24.3 Å². The predicted molar refractivity (Wildman–Crippen MR) is 126 cm³/mol. The Morgan fingerprint density at radius 1 is 1.13 bits per heavy atom. The summed E-state index contributed by atoms with van der Waals surface area (Å²) < 4.78 is 0.804. The van der Waals surface area contributed by atoms with E-state index in [4.69, 9.17) is 5.10 Å². The largest absolute Gasteiger partial charge is 0.272 e. The summed E-state index contributed by atoms with van der Waals surface area (Å²) in [7, 11) is 0. The molecule has 2 aromatic carbocycles. The fraction of sp³-hybridized carbons (Fsp3) is 0.250. The molecule has 2 aliphatic rings. The standard InChI is InChI=1S/C24H22N4OS2/c29-21(15-30-24-26-25-16-31-24)28-23(18-10-5-2-6-11-18)20-13-7-12-19(22(20)27-28)14-17-8-3-1-4-9-17/h1-6,8-11,14,16,20,23H,7,12-13,15H2. The van der Waals surface area contributed by atoms with E-state index >= 15 is 0 Å². The summed E-state index contributed by atoms with van der Waals surface area (Å²) in [6.07, 6.45) is 5.37. The average Bonchev–Trinajstić information content (AvgIpc) is 3.47. The Hall–Kier alpha value is -2.77. The van der Waals surface area contributed by atoms with Crippen LogP contribution in [0, 0.1) is 5.92 Å². The van der Waals surface area contributed by atoms with Crippen LogP contribution in [0.4, 0.5) is 0 Å². The van der Waals surface area contributed by atoms with Crippen molar-refractivity contribution in [1.82, 2.24) is 15.2 Å². The van der Waals surface area contributed by atoms with Gasteiger partial charge in [0, 0.05) is 5.92 Å². The van der Waals surface area contributed by atoms with Gasteiger partial charge < -0.3 is 0 Å². The van der Waals surface area contributed by atoms with E-state index < -0.39 is 0 Å². The molecule has 31 heavy (non-hydrogen) atoms. The number of hydrazone groups is 1. The van der Waals surface area contributed by atoms with E-state index in [-0.39, 0.29) is 17.9 Å². The lowest BCUT2D eigenvalue weighted by Gasteiger charge is -2.29. The van der Waals surface area contributed by atoms with Crippen molar-refractivity contribution in [2.24, 2.45) is 11.0 Å². The van der Waals surface area contributed by atoms with Crippen LogP contribution in [-0.2, 0) is 4.79 Å². The van der Waals surface area contributed by atoms with Crippen molar-refractivity contribution in [3.05, 3.63) is 82.9 Å². The minimum Gasteiger partial charge on any atom is -0.272 e. The number of allylic oxidation sites excluding steroid dienone is 1. The van der Waals surface area contributed by atoms with Crippen LogP contribution in [0.25, 0.3) is 6.08 Å². The number of nitrogens with zero attached hydrogens (tertiary/aromatic N) is 4. The first-order valence-corrected chi connectivity index (χ1v) is 12.3. The summed E-state index contributed by atoms with van der Waals surface area (Å²) in [5.41, 5.74) is 6.31. The third kappa shape index (κ3) is 4.34. The molecule has 7 heteroatoms. The molecule has 0 radical (unpaired) electrons. The van der Waals surface area contributed by atoms with Crippen LogP contribution in [0.15, 0.2) is 81.2 Å². The summed E-state index contributed by atoms with van der Waals surface area (Å²) >= 11 is 2.88. The third-order valence-electron chi connectivity index (χ3n) is 5.70. The number of hydrogen-bond acceptors (Lipinski definition) is 6. The van der Waals surface area contributed by atoms with Gasteiger partial charge in [0.2, 0.25) is 0 Å². The Balaban J connectivity index is 1.47. The summed E-state index contributed by atoms with van der Waals surface area (Å²) in [5.74, 6) is 0.538. The molecule has 1 saturated carbocycles. The molecule has 0 spiro atoms. The first-order valence-electron chi connectivity index (χ1n) is 10.4. The fourth-order valence-electron chi connectivity index (χ4n) is 4.36. The number of carbonyl (C=O) groups is 1. The van der Waals surface area contributed by atoms with Crippen LogP contribution in [0.5, 0.6) is 0 Å². The second-order valence-corrected chi connectivity index (χ2v) is 9.71. The van der Waals surface area contributed by atoms with Crippen LogP contribution in [0.1, 0.15) is 36.4 Å². The molecule has 1 aromatic heterocycles. The van der Waals surface area contributed by atoms with E-state index in [0.717, 1.165) is 34.9 Å². The molecule has 1 aliphatic heterocycles. The molecule has 0 bridgehead atoms. The van der Waals surface area contributed by atoms with Crippen molar-refractivity contribution in [2.45, 2.75) is 29.6 Å². The molecule has 1 amide bonds. The smallest absolute Gasteiger partial charge is 0.253 e. The maximum absolute atomic E-state index is 13.3. The number of benzene rings is 2. The van der Waals surface area contributed by atoms with E-state index in [1.54, 1.807) is 10.5 Å². The lowest BCUT2D eigenvalue weighted by molar-refractivity contribution is -0.130. The van der Waals surface area contributed by atoms with Gasteiger partial charge in [-0.25, -0.2) is 5.01 Å². The molecule has 2 atom stereocenters. The van der Waals surface area contributed by atoms with Gasteiger partial charge in [0.1, 0.15) is 5.51 Å². The Morgan fingerprint density at radius 2 is 1.90 bits per heavy atom. The van der Waals surface area contributed by atoms with Gasteiger partial charge in [-0.05, 0) is 42.0 Å². The van der Waals surface area contributed by atoms with E-state index in [2.05, 4.69) is 52.7 Å². The van der Waals surface area contributed by atoms with Crippen LogP contribution in [0.2, 0.25) is 0 Å². The monoisotopic (exact) mass is 446 g/mol. The van der Waals surface area contributed by atoms with Crippen molar-refractivity contribution < 1.29 is 4.79 Å². The van der Waals surface area contributed by atoms with Gasteiger partial charge in [-0.2, -0.15) is 5.10 Å². The summed E-state index contributed by atoms with van der Waals surface area (Å²) in [4.78, 5) is 13.3. The minimum atomic E-state index is -0.0572. The van der Waals surface area contributed by atoms with Crippen LogP contribution >= 0.6 is 23.1 Å². The molecule has 0 saturated heterocycles. The van der Waals surface area contributed by atoms with Gasteiger partial charge in [0.05, 0.1) is 17.5 Å². The Morgan fingerprint density at radius 3 is 2.65 bits per heavy atom. The van der Waals surface area contributed by atoms with Crippen molar-refractivity contribution >= 4 is 40.8 Å². The first-order chi connectivity index (χ1) is 15.3. The number of amides is 1. The lowest BCUT2D eigenvalue weighted by atomic mass is 9.77. The third-order valence-corrected chi connectivity index (χ3v) is 7.54. The Labute approximate surface area is 189 Å². The van der Waals surface area contributed by atoms with Crippen molar-refractivity contribution in [3.8, 4) is 0 Å². The molecular weight excluding hydrogens is 424 g/mol. The molecule has 156 valence electrons. The van der Waals surface area contributed by atoms with Crippen molar-refractivity contribution in [1.29, 1.82) is 0 Å². The fourth-order valence-corrected chi connectivity index (χ4v) is 5.70. The zero-order valence-electron chi connectivity index (χ0n) is 16.9. The number of aromatic nitrogens is 2. The quantitative estimate of drug-likeness (QED) is 0.489. The van der Waals surface area contributed by atoms with E-state index in [0.29, 0.717) is 5.75 Å². The Kier molecular flexibility index (Phi) is 5.95. The minimum absolute atomic E-state index is 0.00927. The number of carbonyl (C=O) groups excluding carboxylic acids is 1. The normalized spacial score (nSPS) is 21.7. The summed E-state index contributed by atoms with van der Waals surface area (Å²) in [6.45, 7) is 0. The predicted octanol–water partition coefficient (Wildman–Crippen LogP) is 5.45. The van der Waals surface area contributed by atoms with Gasteiger partial charge in [-0.15, -0.1) is 10.2 Å². The molecule has 2 unspecified atom stereocenters. The second-order valence-electron chi connectivity index (χ2n) is 7.65. The van der Waals surface area contributed by atoms with Gasteiger partial charge in [0.25, 0.3) is 5.91 Å². The number of rotatable bonds is 5. The van der Waals surface area contributed by atoms with Gasteiger partial charge in [-0.1, -0.05) is 83.8 Å². The van der Waals surface area contributed by atoms with Gasteiger partial charge in [0.15, 0.2) is 4.34 Å². The second kappa shape index (κ2) is 9.16. The first kappa shape index (κ1) is 20.2. The molecule has 3 aromatic rings. The average molecular weight is 447 g/mol. The summed E-state index contributed by atoms with van der Waals surface area (Å²) in [6, 6.07) is 20.6. The molecule has 5 nitrogen and oxygen atoms in total. The topological polar surface area (TPSA) is 58.5 Å². The molecule has 5 rings (SSSR count). The molecule has 2 heterocycles. The molecule has 1 aliphatic carbocycles. The molecule has 0 N–H and O–H groups in total. The maximum Gasteiger partial charge on any atom is 0.253 e. The highest BCUT2D eigenvalue weighted by molar-refractivity contribution is 8.01.